The van der Waals surface area contributed by atoms with Crippen LogP contribution in [0.25, 0.3) is 10.9 Å². The Morgan fingerprint density at radius 2 is 2.11 bits per heavy atom. The van der Waals surface area contributed by atoms with Gasteiger partial charge in [-0.1, -0.05) is 23.2 Å². The summed E-state index contributed by atoms with van der Waals surface area (Å²) < 4.78 is 4.92. The topological polar surface area (TPSA) is 39.2 Å². The lowest BCUT2D eigenvalue weighted by Gasteiger charge is -2.08. The highest BCUT2D eigenvalue weighted by molar-refractivity contribution is 6.39. The summed E-state index contributed by atoms with van der Waals surface area (Å²) in [5, 5.41) is 1.54. The van der Waals surface area contributed by atoms with Crippen molar-refractivity contribution < 1.29 is 9.53 Å². The number of pyridine rings is 1. The Bertz CT molecular complexity index is 626. The van der Waals surface area contributed by atoms with Crippen LogP contribution in [0.15, 0.2) is 18.3 Å². The summed E-state index contributed by atoms with van der Waals surface area (Å²) in [5.41, 5.74) is 1.90. The molecule has 0 bridgehead atoms. The minimum atomic E-state index is -0.477. The van der Waals surface area contributed by atoms with Gasteiger partial charge in [0.05, 0.1) is 22.7 Å². The number of rotatable bonds is 2. The van der Waals surface area contributed by atoms with E-state index in [1.807, 2.05) is 6.92 Å². The van der Waals surface area contributed by atoms with Crippen molar-refractivity contribution in [2.45, 2.75) is 13.8 Å². The van der Waals surface area contributed by atoms with E-state index in [0.29, 0.717) is 22.0 Å². The summed E-state index contributed by atoms with van der Waals surface area (Å²) in [6, 6.07) is 3.50. The Kier molecular flexibility index (Phi) is 3.73. The van der Waals surface area contributed by atoms with Crippen molar-refractivity contribution in [1.82, 2.24) is 4.98 Å². The van der Waals surface area contributed by atoms with Crippen molar-refractivity contribution in [3.05, 3.63) is 39.5 Å². The summed E-state index contributed by atoms with van der Waals surface area (Å²) in [6.45, 7) is 3.92. The molecule has 0 aliphatic heterocycles. The number of fused-ring (bicyclic) bond motifs is 1. The maximum Gasteiger partial charge on any atom is 0.341 e. The molecule has 0 N–H and O–H groups in total. The normalized spacial score (nSPS) is 10.7. The quantitative estimate of drug-likeness (QED) is 0.782. The number of ether oxygens (including phenoxy) is 1. The van der Waals surface area contributed by atoms with E-state index in [-0.39, 0.29) is 5.56 Å². The molecule has 0 atom stereocenters. The number of carbonyl (C=O) groups excluding carboxylic acids is 1. The molecule has 5 heteroatoms. The van der Waals surface area contributed by atoms with Crippen molar-refractivity contribution in [2.75, 3.05) is 6.61 Å². The molecule has 2 rings (SSSR count). The molecule has 0 fully saturated rings. The lowest BCUT2D eigenvalue weighted by Crippen LogP contribution is -2.06. The number of nitrogens with zero attached hydrogens (tertiary/aromatic N) is 1. The average Bonchev–Trinajstić information content (AvgIpc) is 2.30. The van der Waals surface area contributed by atoms with Crippen LogP contribution < -0.4 is 0 Å². The zero-order chi connectivity index (χ0) is 13.3. The standard InChI is InChI=1S/C13H11Cl2NO2/c1-3-18-13(17)10-6-16-12-7(2)4-8(14)5-9(12)11(10)15/h4-6H,3H2,1-2H3. The predicted molar refractivity (Wildman–Crippen MR) is 72.5 cm³/mol. The third-order valence-corrected chi connectivity index (χ3v) is 3.18. The van der Waals surface area contributed by atoms with Gasteiger partial charge in [-0.15, -0.1) is 0 Å². The maximum atomic E-state index is 11.7. The van der Waals surface area contributed by atoms with Gasteiger partial charge in [-0.05, 0) is 31.5 Å². The first-order valence-electron chi connectivity index (χ1n) is 5.46. The van der Waals surface area contributed by atoms with Gasteiger partial charge in [-0.25, -0.2) is 4.79 Å². The van der Waals surface area contributed by atoms with Gasteiger partial charge in [0.25, 0.3) is 0 Å². The summed E-state index contributed by atoms with van der Waals surface area (Å²) >= 11 is 12.2. The van der Waals surface area contributed by atoms with E-state index in [4.69, 9.17) is 27.9 Å². The number of esters is 1. The molecule has 0 saturated heterocycles. The first-order chi connectivity index (χ1) is 8.54. The van der Waals surface area contributed by atoms with E-state index >= 15 is 0 Å². The van der Waals surface area contributed by atoms with Crippen molar-refractivity contribution in [3.63, 3.8) is 0 Å². The van der Waals surface area contributed by atoms with E-state index in [1.165, 1.54) is 6.20 Å². The molecular weight excluding hydrogens is 273 g/mol. The predicted octanol–water partition coefficient (Wildman–Crippen LogP) is 4.03. The van der Waals surface area contributed by atoms with Crippen LogP contribution in [0, 0.1) is 6.92 Å². The fourth-order valence-electron chi connectivity index (χ4n) is 1.76. The molecule has 1 aromatic carbocycles. The van der Waals surface area contributed by atoms with Gasteiger partial charge < -0.3 is 4.74 Å². The molecule has 0 aliphatic carbocycles. The molecule has 1 aromatic heterocycles. The van der Waals surface area contributed by atoms with Crippen LogP contribution in [0.4, 0.5) is 0 Å². The Hall–Kier alpha value is -1.32. The molecule has 0 aliphatic rings. The van der Waals surface area contributed by atoms with Gasteiger partial charge in [0.1, 0.15) is 0 Å². The molecule has 0 amide bonds. The Balaban J connectivity index is 2.67. The van der Waals surface area contributed by atoms with Gasteiger partial charge in [-0.3, -0.25) is 4.98 Å². The fraction of sp³-hybridized carbons (Fsp3) is 0.231. The lowest BCUT2D eigenvalue weighted by molar-refractivity contribution is 0.0526. The molecule has 0 radical (unpaired) electrons. The fourth-order valence-corrected chi connectivity index (χ4v) is 2.30. The minimum Gasteiger partial charge on any atom is -0.462 e. The highest BCUT2D eigenvalue weighted by Crippen LogP contribution is 2.30. The van der Waals surface area contributed by atoms with Gasteiger partial charge in [0.2, 0.25) is 0 Å². The van der Waals surface area contributed by atoms with E-state index in [2.05, 4.69) is 4.98 Å². The SMILES string of the molecule is CCOC(=O)c1cnc2c(C)cc(Cl)cc2c1Cl. The Morgan fingerprint density at radius 3 is 2.78 bits per heavy atom. The second-order valence-corrected chi connectivity index (χ2v) is 4.64. The molecule has 2 aromatic rings. The van der Waals surface area contributed by atoms with Gasteiger partial charge >= 0.3 is 5.97 Å². The Morgan fingerprint density at radius 1 is 1.39 bits per heavy atom. The maximum absolute atomic E-state index is 11.7. The highest BCUT2D eigenvalue weighted by atomic mass is 35.5. The van der Waals surface area contributed by atoms with Gasteiger partial charge in [0, 0.05) is 16.6 Å². The number of carbonyl (C=O) groups is 1. The monoisotopic (exact) mass is 283 g/mol. The average molecular weight is 284 g/mol. The van der Waals surface area contributed by atoms with E-state index in [9.17, 15) is 4.79 Å². The summed E-state index contributed by atoms with van der Waals surface area (Å²) in [4.78, 5) is 15.9. The van der Waals surface area contributed by atoms with Crippen molar-refractivity contribution >= 4 is 40.1 Å². The van der Waals surface area contributed by atoms with E-state index in [1.54, 1.807) is 19.1 Å². The van der Waals surface area contributed by atoms with Crippen LogP contribution in [0.5, 0.6) is 0 Å². The number of aromatic nitrogens is 1. The highest BCUT2D eigenvalue weighted by Gasteiger charge is 2.16. The van der Waals surface area contributed by atoms with Gasteiger partial charge in [-0.2, -0.15) is 0 Å². The number of aryl methyl sites for hydroxylation is 1. The first kappa shape index (κ1) is 13.1. The molecule has 18 heavy (non-hydrogen) atoms. The van der Waals surface area contributed by atoms with E-state index < -0.39 is 5.97 Å². The number of hydrogen-bond donors (Lipinski definition) is 0. The van der Waals surface area contributed by atoms with E-state index in [0.717, 1.165) is 11.1 Å². The number of hydrogen-bond acceptors (Lipinski definition) is 3. The van der Waals surface area contributed by atoms with Crippen LogP contribution in [0.2, 0.25) is 10.0 Å². The van der Waals surface area contributed by atoms with Crippen molar-refractivity contribution in [3.8, 4) is 0 Å². The Labute approximate surface area is 115 Å². The summed E-state index contributed by atoms with van der Waals surface area (Å²) in [5.74, 6) is -0.477. The molecule has 94 valence electrons. The molecule has 3 nitrogen and oxygen atoms in total. The second kappa shape index (κ2) is 5.12. The third-order valence-electron chi connectivity index (χ3n) is 2.56. The van der Waals surface area contributed by atoms with Crippen LogP contribution >= 0.6 is 23.2 Å². The second-order valence-electron chi connectivity index (χ2n) is 3.83. The summed E-state index contributed by atoms with van der Waals surface area (Å²) in [6.07, 6.45) is 1.43. The summed E-state index contributed by atoms with van der Waals surface area (Å²) in [7, 11) is 0. The molecule has 0 spiro atoms. The zero-order valence-electron chi connectivity index (χ0n) is 9.96. The largest absolute Gasteiger partial charge is 0.462 e. The van der Waals surface area contributed by atoms with Crippen LogP contribution in [0.3, 0.4) is 0 Å². The van der Waals surface area contributed by atoms with Crippen LogP contribution in [-0.2, 0) is 4.74 Å². The van der Waals surface area contributed by atoms with Crippen molar-refractivity contribution in [1.29, 1.82) is 0 Å². The molecule has 0 unspecified atom stereocenters. The molecule has 1 heterocycles. The van der Waals surface area contributed by atoms with Crippen LogP contribution in [0.1, 0.15) is 22.8 Å². The minimum absolute atomic E-state index is 0.257. The van der Waals surface area contributed by atoms with Crippen molar-refractivity contribution in [2.24, 2.45) is 0 Å². The zero-order valence-corrected chi connectivity index (χ0v) is 11.5. The smallest absolute Gasteiger partial charge is 0.341 e. The number of halogens is 2. The third kappa shape index (κ3) is 2.28. The first-order valence-corrected chi connectivity index (χ1v) is 6.21. The molecular formula is C13H11Cl2NO2. The number of benzene rings is 1. The van der Waals surface area contributed by atoms with Crippen LogP contribution in [-0.4, -0.2) is 17.6 Å². The van der Waals surface area contributed by atoms with Gasteiger partial charge in [0.15, 0.2) is 0 Å². The lowest BCUT2D eigenvalue weighted by atomic mass is 10.1. The molecule has 0 saturated carbocycles.